The number of ether oxygens (including phenoxy) is 1. The van der Waals surface area contributed by atoms with Crippen LogP contribution in [0.15, 0.2) is 23.8 Å². The van der Waals surface area contributed by atoms with E-state index >= 15 is 0 Å². The minimum absolute atomic E-state index is 0.0531. The standard InChI is InChI=1S/C20H28O3/c1-12(2)18-14-8-9-20(5)17(23-20)7-6-13(3)15(21)10-19(14,4)11-16(18)22/h8,12,17-18H,3,6-7,9-11H2,1-2,4-5H3/b14-8+/t17-,18+,19-,20+/m0/s1. The van der Waals surface area contributed by atoms with Crippen LogP contribution in [-0.2, 0) is 14.3 Å². The molecular formula is C20H28O3. The molecule has 0 aromatic carbocycles. The molecule has 0 aromatic heterocycles. The minimum atomic E-state index is -0.350. The molecule has 1 saturated heterocycles. The summed E-state index contributed by atoms with van der Waals surface area (Å²) in [5, 5.41) is 0. The molecular weight excluding hydrogens is 288 g/mol. The summed E-state index contributed by atoms with van der Waals surface area (Å²) < 4.78 is 5.88. The maximum Gasteiger partial charge on any atom is 0.159 e. The van der Waals surface area contributed by atoms with E-state index in [0.29, 0.717) is 24.8 Å². The van der Waals surface area contributed by atoms with Crippen LogP contribution in [0.2, 0.25) is 0 Å². The molecule has 0 unspecified atom stereocenters. The first-order chi connectivity index (χ1) is 10.7. The van der Waals surface area contributed by atoms with Crippen molar-refractivity contribution >= 4 is 11.6 Å². The maximum atomic E-state index is 12.6. The lowest BCUT2D eigenvalue weighted by atomic mass is 9.75. The number of hydrogen-bond acceptors (Lipinski definition) is 3. The average Bonchev–Trinajstić information content (AvgIpc) is 3.01. The van der Waals surface area contributed by atoms with Gasteiger partial charge in [0.05, 0.1) is 11.7 Å². The number of carbonyl (C=O) groups excluding carboxylic acids is 2. The molecule has 3 rings (SSSR count). The predicted molar refractivity (Wildman–Crippen MR) is 90.0 cm³/mol. The highest BCUT2D eigenvalue weighted by atomic mass is 16.6. The number of epoxide rings is 1. The van der Waals surface area contributed by atoms with Crippen LogP contribution in [0, 0.1) is 17.3 Å². The molecule has 126 valence electrons. The molecule has 3 heteroatoms. The van der Waals surface area contributed by atoms with Gasteiger partial charge in [-0.3, -0.25) is 9.59 Å². The Morgan fingerprint density at radius 3 is 2.61 bits per heavy atom. The molecule has 0 bridgehead atoms. The Labute approximate surface area is 139 Å². The topological polar surface area (TPSA) is 46.7 Å². The molecule has 0 aromatic rings. The summed E-state index contributed by atoms with van der Waals surface area (Å²) in [7, 11) is 0. The van der Waals surface area contributed by atoms with E-state index in [2.05, 4.69) is 40.3 Å². The molecule has 3 aliphatic rings. The van der Waals surface area contributed by atoms with Crippen molar-refractivity contribution in [2.45, 2.75) is 71.5 Å². The first-order valence-electron chi connectivity index (χ1n) is 8.78. The van der Waals surface area contributed by atoms with Gasteiger partial charge in [0.1, 0.15) is 5.78 Å². The average molecular weight is 316 g/mol. The van der Waals surface area contributed by atoms with Gasteiger partial charge < -0.3 is 4.74 Å². The first kappa shape index (κ1) is 16.6. The van der Waals surface area contributed by atoms with Gasteiger partial charge in [0.2, 0.25) is 0 Å². The van der Waals surface area contributed by atoms with E-state index in [-0.39, 0.29) is 40.5 Å². The Bertz CT molecular complexity index is 600. The Hall–Kier alpha value is -1.22. The summed E-state index contributed by atoms with van der Waals surface area (Å²) in [6.45, 7) is 12.4. The van der Waals surface area contributed by atoms with Crippen molar-refractivity contribution in [3.8, 4) is 0 Å². The van der Waals surface area contributed by atoms with Crippen molar-refractivity contribution in [2.24, 2.45) is 17.3 Å². The lowest BCUT2D eigenvalue weighted by Gasteiger charge is -2.28. The fraction of sp³-hybridized carbons (Fsp3) is 0.700. The van der Waals surface area contributed by atoms with E-state index in [1.807, 2.05) is 0 Å². The number of rotatable bonds is 1. The third kappa shape index (κ3) is 2.84. The monoisotopic (exact) mass is 316 g/mol. The maximum absolute atomic E-state index is 12.6. The van der Waals surface area contributed by atoms with Gasteiger partial charge in [0.15, 0.2) is 5.78 Å². The van der Waals surface area contributed by atoms with Gasteiger partial charge in [0.25, 0.3) is 0 Å². The second-order valence-corrected chi connectivity index (χ2v) is 8.45. The van der Waals surface area contributed by atoms with E-state index in [1.165, 1.54) is 0 Å². The smallest absolute Gasteiger partial charge is 0.159 e. The zero-order valence-electron chi connectivity index (χ0n) is 14.8. The second kappa shape index (κ2) is 5.41. The van der Waals surface area contributed by atoms with Crippen LogP contribution in [0.4, 0.5) is 0 Å². The van der Waals surface area contributed by atoms with Gasteiger partial charge in [-0.15, -0.1) is 0 Å². The normalized spacial score (nSPS) is 43.5. The van der Waals surface area contributed by atoms with Gasteiger partial charge >= 0.3 is 0 Å². The van der Waals surface area contributed by atoms with Gasteiger partial charge in [-0.1, -0.05) is 39.0 Å². The van der Waals surface area contributed by atoms with E-state index < -0.39 is 0 Å². The minimum Gasteiger partial charge on any atom is -0.366 e. The summed E-state index contributed by atoms with van der Waals surface area (Å²) in [5.41, 5.74) is 1.37. The lowest BCUT2D eigenvalue weighted by Crippen LogP contribution is -2.23. The first-order valence-corrected chi connectivity index (χ1v) is 8.78. The van der Waals surface area contributed by atoms with E-state index in [1.54, 1.807) is 0 Å². The summed E-state index contributed by atoms with van der Waals surface area (Å²) in [6, 6.07) is 0. The molecule has 1 aliphatic heterocycles. The fourth-order valence-electron chi connectivity index (χ4n) is 4.49. The Balaban J connectivity index is 2.00. The summed E-state index contributed by atoms with van der Waals surface area (Å²) in [5.74, 6) is 0.604. The highest BCUT2D eigenvalue weighted by Gasteiger charge is 2.53. The number of allylic oxidation sites excluding steroid dienone is 2. The van der Waals surface area contributed by atoms with E-state index in [4.69, 9.17) is 4.74 Å². The Morgan fingerprint density at radius 1 is 1.26 bits per heavy atom. The Kier molecular flexibility index (Phi) is 3.91. The van der Waals surface area contributed by atoms with E-state index in [0.717, 1.165) is 18.4 Å². The molecule has 23 heavy (non-hydrogen) atoms. The van der Waals surface area contributed by atoms with E-state index in [9.17, 15) is 9.59 Å². The van der Waals surface area contributed by atoms with Crippen LogP contribution in [0.3, 0.4) is 0 Å². The molecule has 1 heterocycles. The molecule has 0 N–H and O–H groups in total. The summed E-state index contributed by atoms with van der Waals surface area (Å²) in [4.78, 5) is 25.2. The van der Waals surface area contributed by atoms with Crippen LogP contribution in [0.5, 0.6) is 0 Å². The van der Waals surface area contributed by atoms with Crippen LogP contribution < -0.4 is 0 Å². The SMILES string of the molecule is C=C1CC[C@@H]2O[C@]2(C)C/C=C2\[C@@H](C(C)C)C(=O)C[C@]2(C)CC1=O. The zero-order valence-corrected chi connectivity index (χ0v) is 14.8. The molecule has 2 aliphatic carbocycles. The van der Waals surface area contributed by atoms with Crippen molar-refractivity contribution in [2.75, 3.05) is 0 Å². The molecule has 1 saturated carbocycles. The van der Waals surface area contributed by atoms with Crippen LogP contribution in [0.1, 0.15) is 59.8 Å². The van der Waals surface area contributed by atoms with Gasteiger partial charge in [-0.2, -0.15) is 0 Å². The van der Waals surface area contributed by atoms with Crippen molar-refractivity contribution in [3.63, 3.8) is 0 Å². The number of hydrogen-bond donors (Lipinski definition) is 0. The van der Waals surface area contributed by atoms with Gasteiger partial charge in [-0.25, -0.2) is 0 Å². The third-order valence-corrected chi connectivity index (χ3v) is 6.03. The van der Waals surface area contributed by atoms with Gasteiger partial charge in [-0.05, 0) is 37.7 Å². The van der Waals surface area contributed by atoms with Crippen molar-refractivity contribution in [1.29, 1.82) is 0 Å². The largest absolute Gasteiger partial charge is 0.366 e. The second-order valence-electron chi connectivity index (χ2n) is 8.45. The van der Waals surface area contributed by atoms with Crippen molar-refractivity contribution in [1.82, 2.24) is 0 Å². The molecule has 4 atom stereocenters. The molecule has 3 nitrogen and oxygen atoms in total. The van der Waals surface area contributed by atoms with Crippen LogP contribution in [-0.4, -0.2) is 23.3 Å². The molecule has 0 radical (unpaired) electrons. The molecule has 0 spiro atoms. The lowest BCUT2D eigenvalue weighted by molar-refractivity contribution is -0.121. The summed E-state index contributed by atoms with van der Waals surface area (Å²) >= 11 is 0. The van der Waals surface area contributed by atoms with Crippen molar-refractivity contribution < 1.29 is 14.3 Å². The number of fused-ring (bicyclic) bond motifs is 2. The molecule has 2 fully saturated rings. The van der Waals surface area contributed by atoms with Crippen LogP contribution >= 0.6 is 0 Å². The highest BCUT2D eigenvalue weighted by molar-refractivity contribution is 5.97. The van der Waals surface area contributed by atoms with Crippen LogP contribution in [0.25, 0.3) is 0 Å². The number of carbonyl (C=O) groups is 2. The predicted octanol–water partition coefficient (Wildman–Crippen LogP) is 4.02. The quantitative estimate of drug-likeness (QED) is 0.417. The fourth-order valence-corrected chi connectivity index (χ4v) is 4.49. The van der Waals surface area contributed by atoms with Gasteiger partial charge in [0, 0.05) is 24.2 Å². The van der Waals surface area contributed by atoms with Crippen molar-refractivity contribution in [3.05, 3.63) is 23.8 Å². The third-order valence-electron chi connectivity index (χ3n) is 6.03. The Morgan fingerprint density at radius 2 is 1.96 bits per heavy atom. The number of Topliss-reactive ketones (excluding diaryl/α,β-unsaturated/α-hetero) is 2. The number of ketones is 2. The zero-order chi connectivity index (χ0) is 17.0. The molecule has 0 amide bonds. The highest BCUT2D eigenvalue weighted by Crippen LogP contribution is 2.52. The summed E-state index contributed by atoms with van der Waals surface area (Å²) in [6.07, 6.45) is 5.72.